The number of allylic oxidation sites excluding steroid dienone is 17. The fourth-order valence-electron chi connectivity index (χ4n) is 7.61. The Hall–Kier alpha value is -4.62. The summed E-state index contributed by atoms with van der Waals surface area (Å²) in [6.45, 7) is 5.64. The van der Waals surface area contributed by atoms with Crippen molar-refractivity contribution in [1.29, 1.82) is 0 Å². The predicted molar refractivity (Wildman–Crippen MR) is 294 cm³/mol. The van der Waals surface area contributed by atoms with Crippen molar-refractivity contribution in [3.63, 3.8) is 0 Å². The van der Waals surface area contributed by atoms with Crippen LogP contribution in [0.1, 0.15) is 201 Å². The third-order valence-corrected chi connectivity index (χ3v) is 11.8. The van der Waals surface area contributed by atoms with E-state index in [1.54, 1.807) is 12.2 Å². The van der Waals surface area contributed by atoms with Crippen LogP contribution in [0.2, 0.25) is 0 Å². The van der Waals surface area contributed by atoms with Gasteiger partial charge in [0.2, 0.25) is 0 Å². The summed E-state index contributed by atoms with van der Waals surface area (Å²) in [6, 6.07) is 0. The summed E-state index contributed by atoms with van der Waals surface area (Å²) in [5.41, 5.74) is 0. The topological polar surface area (TPSA) is 175 Å². The molecule has 0 radical (unpaired) electrons. The molecular formula is C61H96O12. The Morgan fingerprint density at radius 2 is 0.904 bits per heavy atom. The fraction of sp³-hybridized carbons (Fsp3) is 0.639. The summed E-state index contributed by atoms with van der Waals surface area (Å²) in [5, 5.41) is 31.4. The van der Waals surface area contributed by atoms with Gasteiger partial charge in [0.15, 0.2) is 24.6 Å². The van der Waals surface area contributed by atoms with E-state index in [1.807, 2.05) is 12.2 Å². The normalized spacial score (nSPS) is 19.2. The van der Waals surface area contributed by atoms with E-state index >= 15 is 0 Å². The van der Waals surface area contributed by atoms with Crippen LogP contribution in [0.3, 0.4) is 0 Å². The number of aliphatic carboxylic acids is 1. The Kier molecular flexibility index (Phi) is 44.0. The second-order valence-corrected chi connectivity index (χ2v) is 18.5. The minimum absolute atomic E-state index is 0.134. The summed E-state index contributed by atoms with van der Waals surface area (Å²) < 4.78 is 28.2. The second-order valence-electron chi connectivity index (χ2n) is 18.5. The van der Waals surface area contributed by atoms with Crippen molar-refractivity contribution in [1.82, 2.24) is 0 Å². The van der Waals surface area contributed by atoms with Crippen LogP contribution in [0.15, 0.2) is 109 Å². The summed E-state index contributed by atoms with van der Waals surface area (Å²) >= 11 is 0. The van der Waals surface area contributed by atoms with Gasteiger partial charge in [0, 0.05) is 12.8 Å². The molecule has 0 spiro atoms. The van der Waals surface area contributed by atoms with E-state index in [1.165, 1.54) is 19.3 Å². The SMILES string of the molecule is CC/C=C\C/C=C\C/C=C\C/C=C\C/C=C\CC(=O)OC1C(OCC(COC(=O)CCCCCCCCC/C=C\C/C=C\C/C=C\CC)OC(=O)CCCCCCC/C=C\CCCC)OC(C(=O)O)C(O)C1O. The van der Waals surface area contributed by atoms with E-state index in [4.69, 9.17) is 23.7 Å². The van der Waals surface area contributed by atoms with Gasteiger partial charge in [-0.15, -0.1) is 0 Å². The number of carboxylic acid groups (broad SMARTS) is 1. The molecule has 1 fully saturated rings. The first kappa shape index (κ1) is 66.4. The highest BCUT2D eigenvalue weighted by atomic mass is 16.7. The Balaban J connectivity index is 2.75. The number of carboxylic acids is 1. The zero-order valence-corrected chi connectivity index (χ0v) is 45.1. The van der Waals surface area contributed by atoms with Crippen molar-refractivity contribution in [2.24, 2.45) is 0 Å². The van der Waals surface area contributed by atoms with Crippen molar-refractivity contribution in [2.75, 3.05) is 13.2 Å². The maximum Gasteiger partial charge on any atom is 0.335 e. The van der Waals surface area contributed by atoms with Crippen LogP contribution in [0.4, 0.5) is 0 Å². The molecule has 1 heterocycles. The first-order valence-corrected chi connectivity index (χ1v) is 27.9. The molecule has 1 aliphatic heterocycles. The van der Waals surface area contributed by atoms with Crippen molar-refractivity contribution >= 4 is 23.9 Å². The molecule has 0 saturated carbocycles. The lowest BCUT2D eigenvalue weighted by Gasteiger charge is -2.40. The molecule has 3 N–H and O–H groups in total. The van der Waals surface area contributed by atoms with E-state index in [9.17, 15) is 34.5 Å². The maximum absolute atomic E-state index is 13.1. The van der Waals surface area contributed by atoms with Gasteiger partial charge in [-0.05, 0) is 96.3 Å². The molecule has 6 unspecified atom stereocenters. The quantitative estimate of drug-likeness (QED) is 0.0228. The highest BCUT2D eigenvalue weighted by Crippen LogP contribution is 2.26. The number of ether oxygens (including phenoxy) is 5. The Labute approximate surface area is 440 Å². The Morgan fingerprint density at radius 3 is 1.40 bits per heavy atom. The van der Waals surface area contributed by atoms with Crippen molar-refractivity contribution < 1.29 is 58.2 Å². The van der Waals surface area contributed by atoms with Gasteiger partial charge in [-0.3, -0.25) is 14.4 Å². The lowest BCUT2D eigenvalue weighted by Crippen LogP contribution is -2.61. The first-order chi connectivity index (χ1) is 35.6. The summed E-state index contributed by atoms with van der Waals surface area (Å²) in [7, 11) is 0. The number of aliphatic hydroxyl groups excluding tert-OH is 2. The average Bonchev–Trinajstić information content (AvgIpc) is 3.37. The van der Waals surface area contributed by atoms with E-state index in [0.717, 1.165) is 122 Å². The molecule has 12 heteroatoms. The highest BCUT2D eigenvalue weighted by Gasteiger charge is 2.50. The lowest BCUT2D eigenvalue weighted by atomic mass is 9.98. The smallest absolute Gasteiger partial charge is 0.335 e. The fourth-order valence-corrected chi connectivity index (χ4v) is 7.61. The molecule has 0 aromatic carbocycles. The zero-order chi connectivity index (χ0) is 53.3. The number of carbonyl (C=O) groups excluding carboxylic acids is 3. The Bertz CT molecular complexity index is 1690. The molecule has 0 aliphatic carbocycles. The van der Waals surface area contributed by atoms with Crippen LogP contribution < -0.4 is 0 Å². The summed E-state index contributed by atoms with van der Waals surface area (Å²) in [6.07, 6.45) is 52.4. The van der Waals surface area contributed by atoms with Gasteiger partial charge in [0.05, 0.1) is 13.0 Å². The molecule has 1 rings (SSSR count). The third kappa shape index (κ3) is 38.6. The molecule has 73 heavy (non-hydrogen) atoms. The summed E-state index contributed by atoms with van der Waals surface area (Å²) in [5.74, 6) is -3.32. The van der Waals surface area contributed by atoms with Crippen molar-refractivity contribution in [2.45, 2.75) is 237 Å². The van der Waals surface area contributed by atoms with Crippen LogP contribution in [-0.2, 0) is 42.9 Å². The van der Waals surface area contributed by atoms with Crippen LogP contribution >= 0.6 is 0 Å². The average molecular weight is 1020 g/mol. The third-order valence-electron chi connectivity index (χ3n) is 11.8. The summed E-state index contributed by atoms with van der Waals surface area (Å²) in [4.78, 5) is 50.9. The number of rotatable bonds is 45. The van der Waals surface area contributed by atoms with Crippen LogP contribution in [-0.4, -0.2) is 89.2 Å². The van der Waals surface area contributed by atoms with Gasteiger partial charge < -0.3 is 39.0 Å². The number of esters is 3. The minimum atomic E-state index is -1.94. The van der Waals surface area contributed by atoms with Gasteiger partial charge >= 0.3 is 23.9 Å². The maximum atomic E-state index is 13.1. The molecule has 0 aromatic rings. The van der Waals surface area contributed by atoms with Crippen LogP contribution in [0.25, 0.3) is 0 Å². The van der Waals surface area contributed by atoms with Crippen LogP contribution in [0.5, 0.6) is 0 Å². The van der Waals surface area contributed by atoms with Crippen LogP contribution in [0, 0.1) is 0 Å². The van der Waals surface area contributed by atoms with Gasteiger partial charge in [-0.2, -0.15) is 0 Å². The molecular weight excluding hydrogens is 925 g/mol. The van der Waals surface area contributed by atoms with Gasteiger partial charge in [-0.25, -0.2) is 4.79 Å². The van der Waals surface area contributed by atoms with Gasteiger partial charge in [0.25, 0.3) is 0 Å². The van der Waals surface area contributed by atoms with Crippen molar-refractivity contribution in [3.05, 3.63) is 109 Å². The number of hydrogen-bond donors (Lipinski definition) is 3. The largest absolute Gasteiger partial charge is 0.479 e. The van der Waals surface area contributed by atoms with Gasteiger partial charge in [0.1, 0.15) is 18.8 Å². The first-order valence-electron chi connectivity index (χ1n) is 27.9. The standard InChI is InChI=1S/C61H96O12/c1-4-7-10-13-16-19-22-24-26-27-29-30-33-35-38-41-44-47-53(62)69-50-52(71-54(63)48-45-42-39-36-32-21-18-15-12-9-6-3)51-70-61-59(57(66)56(65)58(73-61)60(67)68)72-55(64)49-46-43-40-37-34-31-28-25-23-20-17-14-11-8-5-2/h7-8,10-11,15-20,24-26,28,34,37,43,46,52,56-59,61,65-66H,4-6,9,12-14,21-23,27,29-33,35-36,38-42,44-45,47-51H2,1-3H3,(H,67,68)/b10-7-,11-8-,18-15-,19-16-,20-17-,26-24-,28-25-,37-34-,46-43-. The predicted octanol–water partition coefficient (Wildman–Crippen LogP) is 13.9. The molecule has 0 bridgehead atoms. The molecule has 6 atom stereocenters. The Morgan fingerprint density at radius 1 is 0.479 bits per heavy atom. The number of unbranched alkanes of at least 4 members (excludes halogenated alkanes) is 14. The highest BCUT2D eigenvalue weighted by molar-refractivity contribution is 5.74. The monoisotopic (exact) mass is 1020 g/mol. The van der Waals surface area contributed by atoms with E-state index in [0.29, 0.717) is 19.3 Å². The number of aliphatic hydroxyl groups is 2. The van der Waals surface area contributed by atoms with E-state index < -0.39 is 67.3 Å². The molecule has 12 nitrogen and oxygen atoms in total. The molecule has 412 valence electrons. The van der Waals surface area contributed by atoms with Crippen molar-refractivity contribution in [3.8, 4) is 0 Å². The zero-order valence-electron chi connectivity index (χ0n) is 45.1. The number of carbonyl (C=O) groups is 4. The lowest BCUT2D eigenvalue weighted by molar-refractivity contribution is -0.301. The van der Waals surface area contributed by atoms with E-state index in [2.05, 4.69) is 106 Å². The minimum Gasteiger partial charge on any atom is -0.479 e. The van der Waals surface area contributed by atoms with Gasteiger partial charge in [-0.1, -0.05) is 194 Å². The second kappa shape index (κ2) is 48.3. The number of hydrogen-bond acceptors (Lipinski definition) is 11. The van der Waals surface area contributed by atoms with E-state index in [-0.39, 0.29) is 25.9 Å². The molecule has 1 saturated heterocycles. The molecule has 0 amide bonds. The molecule has 1 aliphatic rings. The molecule has 0 aromatic heterocycles.